The first-order chi connectivity index (χ1) is 8.38. The Balaban J connectivity index is 3.07. The van der Waals surface area contributed by atoms with E-state index in [0.29, 0.717) is 11.4 Å². The van der Waals surface area contributed by atoms with E-state index in [1.165, 1.54) is 11.8 Å². The second-order valence-corrected chi connectivity index (χ2v) is 7.17. The molecule has 0 bridgehead atoms. The molecule has 1 rings (SSSR count). The first kappa shape index (κ1) is 15.5. The van der Waals surface area contributed by atoms with Crippen LogP contribution in [0.5, 0.6) is 0 Å². The fourth-order valence-electron chi connectivity index (χ4n) is 1.34. The molecule has 0 amide bonds. The highest BCUT2D eigenvalue weighted by molar-refractivity contribution is 8.00. The summed E-state index contributed by atoms with van der Waals surface area (Å²) in [6, 6.07) is 6.83. The zero-order valence-electron chi connectivity index (χ0n) is 10.8. The fraction of sp³-hybridized carbons (Fsp3) is 0.500. The first-order valence-electron chi connectivity index (χ1n) is 5.82. The summed E-state index contributed by atoms with van der Waals surface area (Å²) in [7, 11) is -3.46. The number of sulfonamides is 1. The molecule has 4 nitrogen and oxygen atoms in total. The molecule has 0 aromatic heterocycles. The van der Waals surface area contributed by atoms with Crippen molar-refractivity contribution in [2.75, 3.05) is 6.54 Å². The standard InChI is InChI=1S/C12H19NO3S2/c1-4-13-18(15,16)12-8-6-5-7-11(12)17-10(3)9(2)14/h5-10,13-14H,4H2,1-3H3. The maximum atomic E-state index is 12.0. The molecule has 2 unspecified atom stereocenters. The highest BCUT2D eigenvalue weighted by atomic mass is 32.2. The van der Waals surface area contributed by atoms with E-state index in [1.807, 2.05) is 6.92 Å². The van der Waals surface area contributed by atoms with E-state index >= 15 is 0 Å². The van der Waals surface area contributed by atoms with Gasteiger partial charge in [0.05, 0.1) is 11.0 Å². The third kappa shape index (κ3) is 3.98. The van der Waals surface area contributed by atoms with Crippen LogP contribution in [0.2, 0.25) is 0 Å². The van der Waals surface area contributed by atoms with Crippen molar-refractivity contribution in [3.05, 3.63) is 24.3 Å². The van der Waals surface area contributed by atoms with E-state index in [9.17, 15) is 13.5 Å². The van der Waals surface area contributed by atoms with Crippen LogP contribution in [-0.2, 0) is 10.0 Å². The van der Waals surface area contributed by atoms with E-state index in [0.717, 1.165) is 0 Å². The summed E-state index contributed by atoms with van der Waals surface area (Å²) < 4.78 is 26.5. The summed E-state index contributed by atoms with van der Waals surface area (Å²) in [5.41, 5.74) is 0. The summed E-state index contributed by atoms with van der Waals surface area (Å²) in [6.07, 6.45) is -0.495. The number of thioether (sulfide) groups is 1. The van der Waals surface area contributed by atoms with E-state index in [2.05, 4.69) is 4.72 Å². The van der Waals surface area contributed by atoms with Gasteiger partial charge in [-0.2, -0.15) is 0 Å². The summed E-state index contributed by atoms with van der Waals surface area (Å²) in [6.45, 7) is 5.66. The molecule has 0 saturated heterocycles. The number of hydrogen-bond acceptors (Lipinski definition) is 4. The van der Waals surface area contributed by atoms with Crippen LogP contribution in [0.1, 0.15) is 20.8 Å². The maximum Gasteiger partial charge on any atom is 0.241 e. The van der Waals surface area contributed by atoms with Crippen LogP contribution >= 0.6 is 11.8 Å². The van der Waals surface area contributed by atoms with E-state index in [4.69, 9.17) is 0 Å². The van der Waals surface area contributed by atoms with Crippen molar-refractivity contribution >= 4 is 21.8 Å². The Bertz CT molecular complexity index is 486. The Kier molecular flexibility index (Phi) is 5.65. The van der Waals surface area contributed by atoms with Crippen LogP contribution in [0.4, 0.5) is 0 Å². The Morgan fingerprint density at radius 2 is 1.94 bits per heavy atom. The normalized spacial score (nSPS) is 15.3. The minimum absolute atomic E-state index is 0.0667. The molecular weight excluding hydrogens is 270 g/mol. The van der Waals surface area contributed by atoms with Gasteiger partial charge in [-0.05, 0) is 19.1 Å². The first-order valence-corrected chi connectivity index (χ1v) is 8.18. The number of aliphatic hydroxyl groups excluding tert-OH is 1. The lowest BCUT2D eigenvalue weighted by atomic mass is 10.3. The van der Waals surface area contributed by atoms with Crippen molar-refractivity contribution in [3.8, 4) is 0 Å². The van der Waals surface area contributed by atoms with Crippen LogP contribution in [0.25, 0.3) is 0 Å². The lowest BCUT2D eigenvalue weighted by molar-refractivity contribution is 0.196. The van der Waals surface area contributed by atoms with Gasteiger partial charge in [0.1, 0.15) is 0 Å². The average molecular weight is 289 g/mol. The van der Waals surface area contributed by atoms with Crippen molar-refractivity contribution in [2.45, 2.75) is 41.9 Å². The minimum Gasteiger partial charge on any atom is -0.392 e. The lowest BCUT2D eigenvalue weighted by Gasteiger charge is -2.16. The largest absolute Gasteiger partial charge is 0.392 e. The number of aliphatic hydroxyl groups is 1. The molecule has 0 aliphatic carbocycles. The predicted octanol–water partition coefficient (Wildman–Crippen LogP) is 1.85. The number of rotatable bonds is 6. The minimum atomic E-state index is -3.46. The van der Waals surface area contributed by atoms with Gasteiger partial charge in [0.25, 0.3) is 0 Å². The maximum absolute atomic E-state index is 12.0. The summed E-state index contributed by atoms with van der Waals surface area (Å²) in [5.74, 6) is 0. The Morgan fingerprint density at radius 3 is 2.50 bits per heavy atom. The molecule has 0 radical (unpaired) electrons. The molecule has 1 aromatic carbocycles. The predicted molar refractivity (Wildman–Crippen MR) is 74.3 cm³/mol. The molecule has 2 N–H and O–H groups in total. The molecule has 0 heterocycles. The molecular formula is C12H19NO3S2. The second-order valence-electron chi connectivity index (χ2n) is 4.01. The molecule has 2 atom stereocenters. The SMILES string of the molecule is CCNS(=O)(=O)c1ccccc1SC(C)C(C)O. The number of hydrogen-bond donors (Lipinski definition) is 2. The van der Waals surface area contributed by atoms with Crippen LogP contribution < -0.4 is 4.72 Å². The van der Waals surface area contributed by atoms with Crippen LogP contribution in [0.15, 0.2) is 34.1 Å². The van der Waals surface area contributed by atoms with Gasteiger partial charge in [-0.25, -0.2) is 13.1 Å². The third-order valence-electron chi connectivity index (χ3n) is 2.47. The summed E-state index contributed by atoms with van der Waals surface area (Å²) in [5, 5.41) is 9.43. The van der Waals surface area contributed by atoms with Crippen molar-refractivity contribution in [1.82, 2.24) is 4.72 Å². The molecule has 6 heteroatoms. The number of nitrogens with one attached hydrogen (secondary N) is 1. The van der Waals surface area contributed by atoms with Gasteiger partial charge in [0.2, 0.25) is 10.0 Å². The van der Waals surface area contributed by atoms with Crippen LogP contribution in [-0.4, -0.2) is 31.4 Å². The highest BCUT2D eigenvalue weighted by Gasteiger charge is 2.20. The molecule has 0 fully saturated rings. The lowest BCUT2D eigenvalue weighted by Crippen LogP contribution is -2.24. The van der Waals surface area contributed by atoms with Crippen molar-refractivity contribution in [3.63, 3.8) is 0 Å². The molecule has 0 saturated carbocycles. The van der Waals surface area contributed by atoms with Gasteiger partial charge < -0.3 is 5.11 Å². The molecule has 102 valence electrons. The topological polar surface area (TPSA) is 66.4 Å². The van der Waals surface area contributed by atoms with Gasteiger partial charge in [-0.3, -0.25) is 0 Å². The third-order valence-corrected chi connectivity index (χ3v) is 5.57. The van der Waals surface area contributed by atoms with Gasteiger partial charge in [-0.15, -0.1) is 11.8 Å². The Hall–Kier alpha value is -0.560. The Labute approximate surface area is 113 Å². The monoisotopic (exact) mass is 289 g/mol. The van der Waals surface area contributed by atoms with Gasteiger partial charge in [-0.1, -0.05) is 26.0 Å². The van der Waals surface area contributed by atoms with Crippen molar-refractivity contribution in [1.29, 1.82) is 0 Å². The van der Waals surface area contributed by atoms with Gasteiger partial charge in [0, 0.05) is 16.7 Å². The molecule has 18 heavy (non-hydrogen) atoms. The Morgan fingerprint density at radius 1 is 1.33 bits per heavy atom. The van der Waals surface area contributed by atoms with Crippen molar-refractivity contribution < 1.29 is 13.5 Å². The zero-order chi connectivity index (χ0) is 13.8. The van der Waals surface area contributed by atoms with Crippen LogP contribution in [0, 0.1) is 0 Å². The quantitative estimate of drug-likeness (QED) is 0.784. The number of benzene rings is 1. The molecule has 0 aliphatic rings. The van der Waals surface area contributed by atoms with E-state index in [-0.39, 0.29) is 10.1 Å². The molecule has 1 aromatic rings. The van der Waals surface area contributed by atoms with Crippen molar-refractivity contribution in [2.24, 2.45) is 0 Å². The highest BCUT2D eigenvalue weighted by Crippen LogP contribution is 2.30. The fourth-order valence-corrected chi connectivity index (χ4v) is 3.87. The second kappa shape index (κ2) is 6.56. The molecule has 0 aliphatic heterocycles. The van der Waals surface area contributed by atoms with Crippen LogP contribution in [0.3, 0.4) is 0 Å². The van der Waals surface area contributed by atoms with E-state index in [1.54, 1.807) is 38.1 Å². The summed E-state index contributed by atoms with van der Waals surface area (Å²) >= 11 is 1.36. The molecule has 0 spiro atoms. The summed E-state index contributed by atoms with van der Waals surface area (Å²) in [4.78, 5) is 0.927. The smallest absolute Gasteiger partial charge is 0.241 e. The van der Waals surface area contributed by atoms with Gasteiger partial charge >= 0.3 is 0 Å². The van der Waals surface area contributed by atoms with E-state index < -0.39 is 16.1 Å². The zero-order valence-corrected chi connectivity index (χ0v) is 12.4. The average Bonchev–Trinajstić information content (AvgIpc) is 2.29. The van der Waals surface area contributed by atoms with Gasteiger partial charge in [0.15, 0.2) is 0 Å².